The van der Waals surface area contributed by atoms with E-state index in [1.54, 1.807) is 0 Å². The van der Waals surface area contributed by atoms with E-state index in [4.69, 9.17) is 0 Å². The van der Waals surface area contributed by atoms with Crippen LogP contribution in [0.1, 0.15) is 25.7 Å². The van der Waals surface area contributed by atoms with Crippen molar-refractivity contribution in [1.29, 1.82) is 10.5 Å². The highest BCUT2D eigenvalue weighted by molar-refractivity contribution is 5.20. The predicted molar refractivity (Wildman–Crippen MR) is 162 cm³/mol. The average molecular weight is 555 g/mol. The summed E-state index contributed by atoms with van der Waals surface area (Å²) in [5, 5.41) is 19.0. The van der Waals surface area contributed by atoms with Crippen LogP contribution in [-0.2, 0) is 0 Å². The Morgan fingerprint density at radius 1 is 0.425 bits per heavy atom. The van der Waals surface area contributed by atoms with Crippen molar-refractivity contribution < 1.29 is 0 Å². The molecule has 40 heavy (non-hydrogen) atoms. The van der Waals surface area contributed by atoms with Gasteiger partial charge in [-0.3, -0.25) is 0 Å². The van der Waals surface area contributed by atoms with E-state index in [1.165, 1.54) is 0 Å². The number of hydrogen-bond acceptors (Lipinski definition) is 10. The molecule has 0 aromatic rings. The Labute approximate surface area is 244 Å². The summed E-state index contributed by atoms with van der Waals surface area (Å²) in [6.45, 7) is 16.7. The maximum absolute atomic E-state index is 9.48. The van der Waals surface area contributed by atoms with Gasteiger partial charge in [0.15, 0.2) is 0 Å². The van der Waals surface area contributed by atoms with Crippen molar-refractivity contribution >= 4 is 0 Å². The topological polar surface area (TPSA) is 73.5 Å². The van der Waals surface area contributed by atoms with Gasteiger partial charge in [-0.15, -0.1) is 0 Å². The number of hydrogen-bond donors (Lipinski definition) is 0. The molecule has 4 aliphatic heterocycles. The molecule has 0 amide bonds. The first-order valence-electron chi connectivity index (χ1n) is 15.3. The summed E-state index contributed by atoms with van der Waals surface area (Å²) in [7, 11) is 8.75. The Kier molecular flexibility index (Phi) is 13.9. The number of rotatable bonds is 0. The highest BCUT2D eigenvalue weighted by atomic mass is 15.3. The lowest BCUT2D eigenvalue weighted by Gasteiger charge is -2.33. The van der Waals surface area contributed by atoms with Gasteiger partial charge < -0.3 is 39.2 Å². The van der Waals surface area contributed by atoms with Gasteiger partial charge in [-0.05, 0) is 80.1 Å². The normalized spacial score (nSPS) is 26.8. The van der Waals surface area contributed by atoms with Crippen molar-refractivity contribution in [2.24, 2.45) is 0 Å². The molecule has 0 aromatic carbocycles. The van der Waals surface area contributed by atoms with Crippen molar-refractivity contribution in [3.05, 3.63) is 23.8 Å². The monoisotopic (exact) mass is 554 g/mol. The molecule has 0 saturated heterocycles. The third kappa shape index (κ3) is 11.2. The van der Waals surface area contributed by atoms with Gasteiger partial charge in [-0.25, -0.2) is 0 Å². The Hall–Kier alpha value is -2.50. The fourth-order valence-electron chi connectivity index (χ4n) is 5.67. The van der Waals surface area contributed by atoms with Crippen molar-refractivity contribution in [2.75, 3.05) is 133 Å². The molecule has 0 fully saturated rings. The van der Waals surface area contributed by atoms with Gasteiger partial charge in [-0.1, -0.05) is 0 Å². The van der Waals surface area contributed by atoms with Gasteiger partial charge in [0.1, 0.15) is 23.5 Å². The number of fused-ring (bicyclic) bond motifs is 4. The molecule has 0 aromatic heterocycles. The first-order valence-corrected chi connectivity index (χ1v) is 15.3. The Balaban J connectivity index is 0.000000220. The highest BCUT2D eigenvalue weighted by Crippen LogP contribution is 2.13. The van der Waals surface area contributed by atoms with Crippen LogP contribution in [-0.4, -0.2) is 172 Å². The van der Waals surface area contributed by atoms with E-state index in [1.807, 2.05) is 0 Å². The molecule has 4 rings (SSSR count). The molecule has 0 saturated carbocycles. The molecule has 0 radical (unpaired) electrons. The summed E-state index contributed by atoms with van der Waals surface area (Å²) in [6.07, 6.45) is 8.75. The number of nitrogens with zero attached hydrogens (tertiary/aromatic N) is 10. The highest BCUT2D eigenvalue weighted by Gasteiger charge is 2.18. The van der Waals surface area contributed by atoms with Crippen molar-refractivity contribution in [2.45, 2.75) is 25.7 Å². The lowest BCUT2D eigenvalue weighted by Crippen LogP contribution is -2.40. The first kappa shape index (κ1) is 32.0. The largest absolute Gasteiger partial charge is 0.374 e. The van der Waals surface area contributed by atoms with Gasteiger partial charge in [0.05, 0.1) is 0 Å². The van der Waals surface area contributed by atoms with Gasteiger partial charge in [0, 0.05) is 90.9 Å². The predicted octanol–water partition coefficient (Wildman–Crippen LogP) is 1.25. The minimum absolute atomic E-state index is 0.838. The molecule has 4 bridgehead atoms. The molecule has 4 aliphatic rings. The molecule has 0 aliphatic carbocycles. The minimum atomic E-state index is 0.838. The molecule has 0 N–H and O–H groups in total. The fourth-order valence-corrected chi connectivity index (χ4v) is 5.67. The summed E-state index contributed by atoms with van der Waals surface area (Å²) in [4.78, 5) is 18.7. The summed E-state index contributed by atoms with van der Waals surface area (Å²) in [6, 6.07) is 4.81. The molecule has 224 valence electrons. The van der Waals surface area contributed by atoms with Gasteiger partial charge in [-0.2, -0.15) is 10.5 Å². The fraction of sp³-hybridized carbons (Fsp3) is 0.800. The van der Waals surface area contributed by atoms with E-state index < -0.39 is 0 Å². The van der Waals surface area contributed by atoms with Crippen LogP contribution in [0.3, 0.4) is 0 Å². The molecule has 4 heterocycles. The van der Waals surface area contributed by atoms with Gasteiger partial charge >= 0.3 is 0 Å². The van der Waals surface area contributed by atoms with Crippen LogP contribution in [0.15, 0.2) is 23.8 Å². The smallest absolute Gasteiger partial charge is 0.132 e. The van der Waals surface area contributed by atoms with E-state index in [2.05, 4.69) is 91.9 Å². The van der Waals surface area contributed by atoms with Crippen LogP contribution >= 0.6 is 0 Å². The van der Waals surface area contributed by atoms with Crippen LogP contribution in [0.2, 0.25) is 0 Å². The van der Waals surface area contributed by atoms with E-state index in [-0.39, 0.29) is 0 Å². The standard InChI is InChI=1S/2C15H27N5/c2*1-17-6-4-8-20-12-10-18(2)5-3-7-19(11-9-17)14-15(20)13-16/h2*14H,3-12H2,1-2H3/b2*15-14-. The zero-order chi connectivity index (χ0) is 28.7. The molecule has 10 heteroatoms. The lowest BCUT2D eigenvalue weighted by molar-refractivity contribution is 0.202. The van der Waals surface area contributed by atoms with Crippen LogP contribution in [0, 0.1) is 22.7 Å². The van der Waals surface area contributed by atoms with Gasteiger partial charge in [0.25, 0.3) is 0 Å². The second-order valence-corrected chi connectivity index (χ2v) is 11.9. The van der Waals surface area contributed by atoms with E-state index in [0.717, 1.165) is 142 Å². The first-order chi connectivity index (χ1) is 19.4. The molecule has 0 unspecified atom stereocenters. The summed E-state index contributed by atoms with van der Waals surface area (Å²) >= 11 is 0. The van der Waals surface area contributed by atoms with Crippen molar-refractivity contribution in [3.63, 3.8) is 0 Å². The van der Waals surface area contributed by atoms with Crippen LogP contribution in [0.5, 0.6) is 0 Å². The van der Waals surface area contributed by atoms with Gasteiger partial charge in [0.2, 0.25) is 0 Å². The summed E-state index contributed by atoms with van der Waals surface area (Å²) in [5.41, 5.74) is 1.68. The van der Waals surface area contributed by atoms with Crippen LogP contribution < -0.4 is 0 Å². The zero-order valence-corrected chi connectivity index (χ0v) is 25.8. The lowest BCUT2D eigenvalue weighted by atomic mass is 10.2. The maximum Gasteiger partial charge on any atom is 0.132 e. The molecule has 0 atom stereocenters. The Morgan fingerprint density at radius 3 is 1.10 bits per heavy atom. The molecular formula is C30H54N10. The second kappa shape index (κ2) is 17.3. The molecular weight excluding hydrogens is 500 g/mol. The third-order valence-corrected chi connectivity index (χ3v) is 8.47. The zero-order valence-electron chi connectivity index (χ0n) is 25.8. The van der Waals surface area contributed by atoms with Crippen molar-refractivity contribution in [3.8, 4) is 12.1 Å². The summed E-state index contributed by atoms with van der Waals surface area (Å²) in [5.74, 6) is 0. The second-order valence-electron chi connectivity index (χ2n) is 11.9. The Morgan fingerprint density at radius 2 is 0.750 bits per heavy atom. The Bertz CT molecular complexity index is 818. The number of nitriles is 2. The number of likely N-dealkylation sites (N-methyl/N-ethyl adjacent to an activating group) is 4. The average Bonchev–Trinajstić information content (AvgIpc) is 2.95. The maximum atomic E-state index is 9.48. The van der Waals surface area contributed by atoms with Crippen LogP contribution in [0.25, 0.3) is 0 Å². The van der Waals surface area contributed by atoms with E-state index >= 15 is 0 Å². The van der Waals surface area contributed by atoms with Crippen LogP contribution in [0.4, 0.5) is 0 Å². The quantitative estimate of drug-likeness (QED) is 0.437. The molecule has 10 nitrogen and oxygen atoms in total. The SMILES string of the molecule is CN1CCCN2CCN(C)CCCN(/C=C\2C#N)CC1.CN1CCCN2CCN(C)CCCN(/C=C\2C#N)CC1. The minimum Gasteiger partial charge on any atom is -0.374 e. The van der Waals surface area contributed by atoms with E-state index in [0.29, 0.717) is 0 Å². The summed E-state index contributed by atoms with van der Waals surface area (Å²) < 4.78 is 0. The number of allylic oxidation sites excluding steroid dienone is 2. The third-order valence-electron chi connectivity index (χ3n) is 8.47. The van der Waals surface area contributed by atoms with E-state index in [9.17, 15) is 10.5 Å². The molecule has 0 spiro atoms. The van der Waals surface area contributed by atoms with Crippen molar-refractivity contribution in [1.82, 2.24) is 39.2 Å².